The van der Waals surface area contributed by atoms with Crippen LogP contribution in [0.5, 0.6) is 5.75 Å². The Morgan fingerprint density at radius 1 is 1.00 bits per heavy atom. The minimum Gasteiger partial charge on any atom is -0.490 e. The molecule has 2 unspecified atom stereocenters. The fourth-order valence-corrected chi connectivity index (χ4v) is 6.37. The largest absolute Gasteiger partial charge is 0.490 e. The van der Waals surface area contributed by atoms with Crippen LogP contribution in [0.3, 0.4) is 0 Å². The second kappa shape index (κ2) is 16.2. The van der Waals surface area contributed by atoms with Crippen LogP contribution in [0.2, 0.25) is 0 Å². The first kappa shape index (κ1) is 34.3. The van der Waals surface area contributed by atoms with E-state index in [1.54, 1.807) is 11.3 Å². The van der Waals surface area contributed by atoms with Crippen molar-refractivity contribution in [1.29, 1.82) is 10.5 Å². The lowest BCUT2D eigenvalue weighted by atomic mass is 9.87. The first-order chi connectivity index (χ1) is 23.4. The van der Waals surface area contributed by atoms with Gasteiger partial charge in [0, 0.05) is 45.7 Å². The molecular weight excluding hydrogens is 617 g/mol. The van der Waals surface area contributed by atoms with Crippen molar-refractivity contribution in [2.45, 2.75) is 58.2 Å². The van der Waals surface area contributed by atoms with Crippen LogP contribution in [0.25, 0.3) is 23.1 Å². The summed E-state index contributed by atoms with van der Waals surface area (Å²) in [4.78, 5) is 8.23. The van der Waals surface area contributed by atoms with Crippen molar-refractivity contribution in [1.82, 2.24) is 0 Å². The Labute approximate surface area is 288 Å². The number of benzene rings is 2. The molecule has 0 amide bonds. The predicted molar refractivity (Wildman–Crippen MR) is 193 cm³/mol. The van der Waals surface area contributed by atoms with Gasteiger partial charge < -0.3 is 19.1 Å². The van der Waals surface area contributed by atoms with E-state index in [-0.39, 0.29) is 23.1 Å². The van der Waals surface area contributed by atoms with Crippen LogP contribution in [-0.4, -0.2) is 32.4 Å². The van der Waals surface area contributed by atoms with Crippen LogP contribution in [0, 0.1) is 29.2 Å². The lowest BCUT2D eigenvalue weighted by Gasteiger charge is -2.28. The van der Waals surface area contributed by atoms with Gasteiger partial charge in [-0.3, -0.25) is 0 Å². The minimum atomic E-state index is -1.04. The number of rotatable bonds is 15. The number of nitriles is 2. The van der Waals surface area contributed by atoms with Crippen LogP contribution < -0.4 is 9.64 Å². The number of hydrogen-bond acceptors (Lipinski definition) is 7. The van der Waals surface area contributed by atoms with Crippen molar-refractivity contribution in [3.05, 3.63) is 122 Å². The average Bonchev–Trinajstić information content (AvgIpc) is 3.76. The molecule has 2 atom stereocenters. The number of nitrogens with zero attached hydrogens (tertiary/aromatic N) is 4. The molecule has 0 radical (unpaired) electrons. The third-order valence-electron chi connectivity index (χ3n) is 8.42. The third kappa shape index (κ3) is 8.07. The van der Waals surface area contributed by atoms with Crippen molar-refractivity contribution in [3.63, 3.8) is 0 Å². The second-order valence-corrected chi connectivity index (χ2v) is 13.0. The van der Waals surface area contributed by atoms with Crippen molar-refractivity contribution in [2.75, 3.05) is 31.2 Å². The molecule has 2 aliphatic heterocycles. The third-order valence-corrected chi connectivity index (χ3v) is 9.43. The molecule has 0 saturated carbocycles. The Balaban J connectivity index is 1.41. The molecule has 1 saturated heterocycles. The van der Waals surface area contributed by atoms with E-state index in [9.17, 15) is 10.5 Å². The molecule has 0 N–H and O–H groups in total. The summed E-state index contributed by atoms with van der Waals surface area (Å²) in [7, 11) is 0. The number of thiophene rings is 1. The van der Waals surface area contributed by atoms with Crippen molar-refractivity contribution < 1.29 is 14.2 Å². The fraction of sp³-hybridized carbons (Fsp3) is 0.325. The molecule has 48 heavy (non-hydrogen) atoms. The van der Waals surface area contributed by atoms with E-state index in [2.05, 4.69) is 60.0 Å². The molecule has 7 nitrogen and oxygen atoms in total. The molecule has 3 aromatic rings. The predicted octanol–water partition coefficient (Wildman–Crippen LogP) is 9.54. The Hall–Kier alpha value is -5.07. The molecule has 1 fully saturated rings. The highest BCUT2D eigenvalue weighted by Crippen LogP contribution is 2.47. The fourth-order valence-electron chi connectivity index (χ4n) is 5.55. The van der Waals surface area contributed by atoms with Gasteiger partial charge >= 0.3 is 0 Å². The summed E-state index contributed by atoms with van der Waals surface area (Å²) in [6.07, 6.45) is 12.8. The Kier molecular flexibility index (Phi) is 11.5. The van der Waals surface area contributed by atoms with Gasteiger partial charge in [-0.15, -0.1) is 11.3 Å². The number of ether oxygens (including phenoxy) is 3. The van der Waals surface area contributed by atoms with E-state index in [4.69, 9.17) is 20.8 Å². The van der Waals surface area contributed by atoms with Gasteiger partial charge in [0.25, 0.3) is 0 Å². The molecule has 2 aliphatic rings. The number of hydrogen-bond donors (Lipinski definition) is 0. The van der Waals surface area contributed by atoms with Gasteiger partial charge in [0.2, 0.25) is 5.70 Å². The number of unbranched alkanes of at least 4 members (excludes halogenated alkanes) is 2. The molecule has 1 aromatic heterocycles. The van der Waals surface area contributed by atoms with Crippen LogP contribution in [0.15, 0.2) is 89.3 Å². The molecule has 8 heteroatoms. The Morgan fingerprint density at radius 2 is 1.67 bits per heavy atom. The first-order valence-electron chi connectivity index (χ1n) is 16.4. The van der Waals surface area contributed by atoms with E-state index in [1.165, 1.54) is 5.69 Å². The van der Waals surface area contributed by atoms with Crippen LogP contribution >= 0.6 is 11.3 Å². The molecule has 2 aromatic carbocycles. The zero-order chi connectivity index (χ0) is 33.9. The summed E-state index contributed by atoms with van der Waals surface area (Å²) in [6, 6.07) is 23.9. The van der Waals surface area contributed by atoms with Gasteiger partial charge in [0.1, 0.15) is 36.2 Å². The molecule has 0 bridgehead atoms. The van der Waals surface area contributed by atoms with Gasteiger partial charge in [0.15, 0.2) is 11.3 Å². The van der Waals surface area contributed by atoms with Gasteiger partial charge in [-0.2, -0.15) is 10.5 Å². The summed E-state index contributed by atoms with van der Waals surface area (Å²) in [5, 5.41) is 19.1. The zero-order valence-corrected chi connectivity index (χ0v) is 28.6. The monoisotopic (exact) mass is 656 g/mol. The zero-order valence-electron chi connectivity index (χ0n) is 27.7. The summed E-state index contributed by atoms with van der Waals surface area (Å²) >= 11 is 1.62. The highest BCUT2D eigenvalue weighted by molar-refractivity contribution is 7.13. The minimum absolute atomic E-state index is 0.0203. The molecule has 3 heterocycles. The number of epoxide rings is 1. The Bertz CT molecular complexity index is 1820. The first-order valence-corrected chi connectivity index (χ1v) is 17.3. The highest BCUT2D eigenvalue weighted by atomic mass is 32.1. The number of anilines is 1. The maximum Gasteiger partial charge on any atom is 0.237 e. The SMILES string of the molecule is [C-]#[N+]C1=C(/C=C/c2ccc(/C=C/c3ccc(N(CCCC)CCCC)cc3OCC3CO3)s2)C(C)(c2ccccc2)OC1=C(C#N)C#N. The number of allylic oxidation sites excluding steroid dienone is 1. The van der Waals surface area contributed by atoms with E-state index < -0.39 is 5.60 Å². The maximum atomic E-state index is 9.57. The molecule has 5 rings (SSSR count). The van der Waals surface area contributed by atoms with Crippen molar-refractivity contribution in [2.24, 2.45) is 0 Å². The molecule has 0 aliphatic carbocycles. The lowest BCUT2D eigenvalue weighted by molar-refractivity contribution is 0.0755. The lowest BCUT2D eigenvalue weighted by Crippen LogP contribution is -2.25. The standard InChI is InChI=1S/C40H40N4O3S/c1-5-7-22-44(23-8-6-2)32-16-14-29(37(24-32)46-28-33-27-45-33)15-17-34-18-19-35(48-34)20-21-36-38(43-4)39(30(25-41)26-42)47-40(36,3)31-12-10-9-11-13-31/h9-21,24,33H,5-8,22-23,27-28H2,1-3H3/b17-15+,21-20+. The van der Waals surface area contributed by atoms with E-state index in [1.807, 2.05) is 67.6 Å². The van der Waals surface area contributed by atoms with Gasteiger partial charge in [-0.05, 0) is 67.8 Å². The topological polar surface area (TPSA) is 86.2 Å². The van der Waals surface area contributed by atoms with E-state index in [0.29, 0.717) is 12.2 Å². The quantitative estimate of drug-likeness (QED) is 0.0920. The smallest absolute Gasteiger partial charge is 0.237 e. The maximum absolute atomic E-state index is 9.57. The summed E-state index contributed by atoms with van der Waals surface area (Å²) in [5.74, 6) is 0.874. The highest BCUT2D eigenvalue weighted by Gasteiger charge is 2.43. The van der Waals surface area contributed by atoms with Gasteiger partial charge in [-0.25, -0.2) is 4.85 Å². The van der Waals surface area contributed by atoms with Gasteiger partial charge in [0.05, 0.1) is 13.2 Å². The Morgan fingerprint density at radius 3 is 2.27 bits per heavy atom. The van der Waals surface area contributed by atoms with Crippen LogP contribution in [0.4, 0.5) is 5.69 Å². The van der Waals surface area contributed by atoms with E-state index in [0.717, 1.165) is 72.0 Å². The molecule has 244 valence electrons. The molecule has 0 spiro atoms. The van der Waals surface area contributed by atoms with Crippen LogP contribution in [0.1, 0.15) is 67.3 Å². The summed E-state index contributed by atoms with van der Waals surface area (Å²) in [6.45, 7) is 17.6. The van der Waals surface area contributed by atoms with Gasteiger partial charge in [-0.1, -0.05) is 63.1 Å². The molecular formula is C40H40N4O3S. The van der Waals surface area contributed by atoms with Crippen LogP contribution in [-0.2, 0) is 15.1 Å². The average molecular weight is 657 g/mol. The van der Waals surface area contributed by atoms with Crippen molar-refractivity contribution in [3.8, 4) is 17.9 Å². The van der Waals surface area contributed by atoms with E-state index >= 15 is 0 Å². The summed E-state index contributed by atoms with van der Waals surface area (Å²) in [5.41, 5.74) is 2.53. The normalized spacial score (nSPS) is 18.4. The van der Waals surface area contributed by atoms with Crippen molar-refractivity contribution >= 4 is 35.3 Å². The summed E-state index contributed by atoms with van der Waals surface area (Å²) < 4.78 is 17.9. The second-order valence-electron chi connectivity index (χ2n) is 11.9.